The smallest absolute Gasteiger partial charge is 0.262 e. The van der Waals surface area contributed by atoms with Crippen molar-refractivity contribution in [2.24, 2.45) is 0 Å². The van der Waals surface area contributed by atoms with E-state index in [1.165, 1.54) is 0 Å². The molecule has 1 aliphatic rings. The van der Waals surface area contributed by atoms with Crippen molar-refractivity contribution in [3.05, 3.63) is 71.3 Å². The van der Waals surface area contributed by atoms with Crippen LogP contribution in [0.4, 0.5) is 0 Å². The highest BCUT2D eigenvalue weighted by Gasteiger charge is 2.42. The van der Waals surface area contributed by atoms with Gasteiger partial charge in [-0.1, -0.05) is 49.4 Å². The average Bonchev–Trinajstić information content (AvgIpc) is 3.01. The molecule has 0 bridgehead atoms. The monoisotopic (exact) mass is 407 g/mol. The molecule has 0 saturated heterocycles. The fraction of sp³-hybridized carbons (Fsp3) is 0.304. The quantitative estimate of drug-likeness (QED) is 0.490. The van der Waals surface area contributed by atoms with Crippen LogP contribution < -0.4 is 10.6 Å². The number of nitrogens with one attached hydrogen (secondary N) is 2. The SMILES string of the molecule is CCCC(=O)NCCNC(=O)C(Cc1ccccc1)N1C(=O)c2ccccc2C1=O. The van der Waals surface area contributed by atoms with Crippen molar-refractivity contribution in [3.8, 4) is 0 Å². The molecule has 7 heteroatoms. The largest absolute Gasteiger partial charge is 0.354 e. The van der Waals surface area contributed by atoms with Gasteiger partial charge in [-0.3, -0.25) is 24.1 Å². The van der Waals surface area contributed by atoms with Gasteiger partial charge in [-0.25, -0.2) is 0 Å². The number of rotatable bonds is 9. The number of hydrogen-bond donors (Lipinski definition) is 2. The fourth-order valence-corrected chi connectivity index (χ4v) is 3.45. The Morgan fingerprint density at radius 3 is 2.03 bits per heavy atom. The molecule has 156 valence electrons. The number of hydrogen-bond acceptors (Lipinski definition) is 4. The van der Waals surface area contributed by atoms with Crippen molar-refractivity contribution in [1.82, 2.24) is 15.5 Å². The molecule has 0 spiro atoms. The number of imide groups is 1. The number of carbonyl (C=O) groups is 4. The molecule has 2 aromatic rings. The Bertz CT molecular complexity index is 907. The van der Waals surface area contributed by atoms with Crippen LogP contribution in [0.2, 0.25) is 0 Å². The lowest BCUT2D eigenvalue weighted by atomic mass is 10.0. The van der Waals surface area contributed by atoms with Gasteiger partial charge in [0, 0.05) is 25.9 Å². The van der Waals surface area contributed by atoms with Gasteiger partial charge in [0.1, 0.15) is 6.04 Å². The van der Waals surface area contributed by atoms with Crippen LogP contribution in [0, 0.1) is 0 Å². The van der Waals surface area contributed by atoms with Crippen molar-refractivity contribution in [3.63, 3.8) is 0 Å². The predicted molar refractivity (Wildman–Crippen MR) is 112 cm³/mol. The molecule has 4 amide bonds. The molecule has 1 heterocycles. The molecule has 0 saturated carbocycles. The van der Waals surface area contributed by atoms with Gasteiger partial charge in [0.15, 0.2) is 0 Å². The van der Waals surface area contributed by atoms with Crippen molar-refractivity contribution < 1.29 is 19.2 Å². The number of fused-ring (bicyclic) bond motifs is 1. The second kappa shape index (κ2) is 9.82. The van der Waals surface area contributed by atoms with Crippen LogP contribution in [0.5, 0.6) is 0 Å². The first kappa shape index (κ1) is 21.2. The lowest BCUT2D eigenvalue weighted by Crippen LogP contribution is -2.51. The average molecular weight is 407 g/mol. The zero-order valence-corrected chi connectivity index (χ0v) is 16.9. The van der Waals surface area contributed by atoms with Crippen molar-refractivity contribution >= 4 is 23.6 Å². The van der Waals surface area contributed by atoms with Crippen molar-refractivity contribution in [1.29, 1.82) is 0 Å². The Hall–Kier alpha value is -3.48. The summed E-state index contributed by atoms with van der Waals surface area (Å²) in [4.78, 5) is 51.4. The molecule has 1 aliphatic heterocycles. The summed E-state index contributed by atoms with van der Waals surface area (Å²) in [6.07, 6.45) is 1.39. The van der Waals surface area contributed by atoms with Gasteiger partial charge in [0.2, 0.25) is 11.8 Å². The fourth-order valence-electron chi connectivity index (χ4n) is 3.45. The van der Waals surface area contributed by atoms with Gasteiger partial charge < -0.3 is 10.6 Å². The first-order valence-corrected chi connectivity index (χ1v) is 10.1. The van der Waals surface area contributed by atoms with Crippen LogP contribution in [0.25, 0.3) is 0 Å². The Balaban J connectivity index is 1.74. The molecule has 1 atom stereocenters. The molecule has 2 N–H and O–H groups in total. The second-order valence-corrected chi connectivity index (χ2v) is 7.12. The summed E-state index contributed by atoms with van der Waals surface area (Å²) in [5, 5.41) is 5.47. The van der Waals surface area contributed by atoms with Gasteiger partial charge in [0.25, 0.3) is 11.8 Å². The summed E-state index contributed by atoms with van der Waals surface area (Å²) in [5.41, 5.74) is 1.45. The van der Waals surface area contributed by atoms with Crippen LogP contribution in [-0.2, 0) is 16.0 Å². The number of nitrogens with zero attached hydrogens (tertiary/aromatic N) is 1. The molecular weight excluding hydrogens is 382 g/mol. The van der Waals surface area contributed by atoms with Gasteiger partial charge >= 0.3 is 0 Å². The van der Waals surface area contributed by atoms with E-state index in [0.29, 0.717) is 17.5 Å². The first-order valence-electron chi connectivity index (χ1n) is 10.1. The lowest BCUT2D eigenvalue weighted by molar-refractivity contribution is -0.125. The van der Waals surface area contributed by atoms with Crippen LogP contribution in [0.15, 0.2) is 54.6 Å². The minimum Gasteiger partial charge on any atom is -0.354 e. The topological polar surface area (TPSA) is 95.6 Å². The van der Waals surface area contributed by atoms with E-state index >= 15 is 0 Å². The van der Waals surface area contributed by atoms with Crippen LogP contribution in [0.1, 0.15) is 46.0 Å². The predicted octanol–water partition coefficient (Wildman–Crippen LogP) is 1.93. The van der Waals surface area contributed by atoms with E-state index in [1.807, 2.05) is 37.3 Å². The van der Waals surface area contributed by atoms with E-state index in [2.05, 4.69) is 10.6 Å². The van der Waals surface area contributed by atoms with Gasteiger partial charge in [-0.15, -0.1) is 0 Å². The van der Waals surface area contributed by atoms with E-state index in [-0.39, 0.29) is 25.4 Å². The van der Waals surface area contributed by atoms with Gasteiger partial charge in [-0.05, 0) is 24.1 Å². The Labute approximate surface area is 175 Å². The molecule has 0 fully saturated rings. The summed E-state index contributed by atoms with van der Waals surface area (Å²) >= 11 is 0. The molecular formula is C23H25N3O4. The number of benzene rings is 2. The normalized spacial score (nSPS) is 13.7. The van der Waals surface area contributed by atoms with E-state index in [4.69, 9.17) is 0 Å². The maximum Gasteiger partial charge on any atom is 0.262 e. The molecule has 0 aromatic heterocycles. The van der Waals surface area contributed by atoms with E-state index in [1.54, 1.807) is 24.3 Å². The highest BCUT2D eigenvalue weighted by atomic mass is 16.2. The Morgan fingerprint density at radius 1 is 0.867 bits per heavy atom. The van der Waals surface area contributed by atoms with Crippen LogP contribution >= 0.6 is 0 Å². The number of amides is 4. The second-order valence-electron chi connectivity index (χ2n) is 7.12. The third-order valence-corrected chi connectivity index (χ3v) is 4.94. The highest BCUT2D eigenvalue weighted by molar-refractivity contribution is 6.22. The highest BCUT2D eigenvalue weighted by Crippen LogP contribution is 2.26. The summed E-state index contributed by atoms with van der Waals surface area (Å²) in [7, 11) is 0. The van der Waals surface area contributed by atoms with Gasteiger partial charge in [0.05, 0.1) is 11.1 Å². The lowest BCUT2D eigenvalue weighted by Gasteiger charge is -2.25. The minimum atomic E-state index is -0.980. The molecule has 7 nitrogen and oxygen atoms in total. The molecule has 3 rings (SSSR count). The standard InChI is InChI=1S/C23H25N3O4/c1-2-8-20(27)24-13-14-25-21(28)19(15-16-9-4-3-5-10-16)26-22(29)17-11-6-7-12-18(17)23(26)30/h3-7,9-12,19H,2,8,13-15H2,1H3,(H,24,27)(H,25,28). The summed E-state index contributed by atoms with van der Waals surface area (Å²) in [6, 6.07) is 14.8. The number of carbonyl (C=O) groups excluding carboxylic acids is 4. The van der Waals surface area contributed by atoms with Gasteiger partial charge in [-0.2, -0.15) is 0 Å². The zero-order chi connectivity index (χ0) is 21.5. The zero-order valence-electron chi connectivity index (χ0n) is 16.9. The summed E-state index contributed by atoms with van der Waals surface area (Å²) in [5.74, 6) is -1.45. The Morgan fingerprint density at radius 2 is 1.43 bits per heavy atom. The Kier molecular flexibility index (Phi) is 6.95. The minimum absolute atomic E-state index is 0.0760. The first-order chi connectivity index (χ1) is 14.5. The van der Waals surface area contributed by atoms with Crippen molar-refractivity contribution in [2.45, 2.75) is 32.2 Å². The summed E-state index contributed by atoms with van der Waals surface area (Å²) < 4.78 is 0. The van der Waals surface area contributed by atoms with Crippen molar-refractivity contribution in [2.75, 3.05) is 13.1 Å². The third kappa shape index (κ3) is 4.74. The molecule has 1 unspecified atom stereocenters. The molecule has 2 aromatic carbocycles. The summed E-state index contributed by atoms with van der Waals surface area (Å²) in [6.45, 7) is 2.41. The maximum atomic E-state index is 13.0. The molecule has 0 aliphatic carbocycles. The molecule has 30 heavy (non-hydrogen) atoms. The molecule has 0 radical (unpaired) electrons. The van der Waals surface area contributed by atoms with Crippen LogP contribution in [0.3, 0.4) is 0 Å². The van der Waals surface area contributed by atoms with E-state index in [0.717, 1.165) is 16.9 Å². The maximum absolute atomic E-state index is 13.0. The third-order valence-electron chi connectivity index (χ3n) is 4.94. The van der Waals surface area contributed by atoms with E-state index in [9.17, 15) is 19.2 Å². The van der Waals surface area contributed by atoms with E-state index < -0.39 is 23.8 Å². The van der Waals surface area contributed by atoms with Crippen LogP contribution in [-0.4, -0.2) is 47.7 Å².